The number of rotatable bonds is 2. The predicted molar refractivity (Wildman–Crippen MR) is 69.4 cm³/mol. The smallest absolute Gasteiger partial charge is 0.250 e. The molecule has 0 saturated carbocycles. The summed E-state index contributed by atoms with van der Waals surface area (Å²) in [4.78, 5) is -0.0815. The number of hydrogen-bond donors (Lipinski definition) is 0. The fourth-order valence-corrected chi connectivity index (χ4v) is 3.50. The highest BCUT2D eigenvalue weighted by Gasteiger charge is 2.33. The molecule has 98 valence electrons. The summed E-state index contributed by atoms with van der Waals surface area (Å²) in [5, 5.41) is 4.34. The van der Waals surface area contributed by atoms with Crippen LogP contribution in [0, 0.1) is 0 Å². The maximum Gasteiger partial charge on any atom is 0.266 e. The fraction of sp³-hybridized carbons (Fsp3) is 0.700. The lowest BCUT2D eigenvalue weighted by molar-refractivity contribution is 0.494. The molecule has 0 aliphatic heterocycles. The summed E-state index contributed by atoms with van der Waals surface area (Å²) in [6, 6.07) is -0.0317. The first kappa shape index (κ1) is 14.8. The number of hydrogen-bond acceptors (Lipinski definition) is 3. The van der Waals surface area contributed by atoms with E-state index in [1.165, 1.54) is 4.68 Å². The first-order valence-corrected chi connectivity index (χ1v) is 7.88. The van der Waals surface area contributed by atoms with E-state index in [0.717, 1.165) is 0 Å². The lowest BCUT2D eigenvalue weighted by atomic mass is 9.92. The summed E-state index contributed by atoms with van der Waals surface area (Å²) < 4.78 is 24.6. The van der Waals surface area contributed by atoms with Gasteiger partial charge in [-0.25, -0.2) is 13.1 Å². The zero-order valence-corrected chi connectivity index (χ0v) is 12.8. The molecule has 0 bridgehead atoms. The second-order valence-corrected chi connectivity index (χ2v) is 8.06. The van der Waals surface area contributed by atoms with Crippen LogP contribution in [0.25, 0.3) is 0 Å². The molecule has 4 nitrogen and oxygen atoms in total. The van der Waals surface area contributed by atoms with Crippen LogP contribution in [-0.2, 0) is 14.5 Å². The summed E-state index contributed by atoms with van der Waals surface area (Å²) in [5.74, 6) is 0. The van der Waals surface area contributed by atoms with Crippen molar-refractivity contribution in [2.24, 2.45) is 0 Å². The van der Waals surface area contributed by atoms with E-state index in [-0.39, 0.29) is 16.1 Å². The maximum atomic E-state index is 11.6. The van der Waals surface area contributed by atoms with Gasteiger partial charge in [0.2, 0.25) is 0 Å². The van der Waals surface area contributed by atoms with Gasteiger partial charge in [-0.05, 0) is 13.8 Å². The van der Waals surface area contributed by atoms with Crippen molar-refractivity contribution in [1.29, 1.82) is 0 Å². The van der Waals surface area contributed by atoms with Crippen molar-refractivity contribution in [2.45, 2.75) is 51.0 Å². The molecule has 1 heterocycles. The van der Waals surface area contributed by atoms with Gasteiger partial charge in [-0.1, -0.05) is 32.4 Å². The van der Waals surface area contributed by atoms with Crippen LogP contribution >= 0.6 is 22.3 Å². The minimum Gasteiger partial charge on any atom is -0.250 e. The zero-order chi connectivity index (χ0) is 13.6. The Morgan fingerprint density at radius 1 is 1.29 bits per heavy atom. The fourth-order valence-electron chi connectivity index (χ4n) is 1.45. The van der Waals surface area contributed by atoms with E-state index < -0.39 is 14.5 Å². The summed E-state index contributed by atoms with van der Waals surface area (Å²) in [6.45, 7) is 9.33. The van der Waals surface area contributed by atoms with E-state index in [1.54, 1.807) is 0 Å². The molecule has 0 aliphatic carbocycles. The highest BCUT2D eigenvalue weighted by molar-refractivity contribution is 8.13. The second kappa shape index (κ2) is 4.44. The Morgan fingerprint density at radius 2 is 1.76 bits per heavy atom. The van der Waals surface area contributed by atoms with Crippen LogP contribution in [0.2, 0.25) is 5.15 Å². The van der Waals surface area contributed by atoms with Crippen molar-refractivity contribution in [3.05, 3.63) is 10.8 Å². The molecule has 0 spiro atoms. The molecule has 7 heteroatoms. The van der Waals surface area contributed by atoms with E-state index in [1.807, 2.05) is 34.6 Å². The van der Waals surface area contributed by atoms with Gasteiger partial charge in [-0.15, -0.1) is 0 Å². The van der Waals surface area contributed by atoms with Crippen LogP contribution in [-0.4, -0.2) is 18.2 Å². The average molecular weight is 299 g/mol. The Bertz CT molecular complexity index is 527. The van der Waals surface area contributed by atoms with Crippen molar-refractivity contribution in [1.82, 2.24) is 9.78 Å². The monoisotopic (exact) mass is 298 g/mol. The Balaban J connectivity index is 3.67. The SMILES string of the molecule is CC(C)n1nc(C(C)(C)C)c(S(=O)(=O)Cl)c1Cl. The van der Waals surface area contributed by atoms with Gasteiger partial charge in [0.1, 0.15) is 10.0 Å². The van der Waals surface area contributed by atoms with Crippen LogP contribution in [0.4, 0.5) is 0 Å². The third-order valence-electron chi connectivity index (χ3n) is 2.25. The zero-order valence-electron chi connectivity index (χ0n) is 10.5. The molecule has 0 aromatic carbocycles. The standard InChI is InChI=1S/C10H16Cl2N2O2S/c1-6(2)14-9(11)7(17(12,15)16)8(13-14)10(3,4)5/h6H,1-5H3. The highest BCUT2D eigenvalue weighted by atomic mass is 35.7. The Kier molecular flexibility index (Phi) is 3.87. The normalized spacial score (nSPS) is 13.4. The van der Waals surface area contributed by atoms with Crippen molar-refractivity contribution < 1.29 is 8.42 Å². The summed E-state index contributed by atoms with van der Waals surface area (Å²) in [7, 11) is 1.52. The number of aromatic nitrogens is 2. The quantitative estimate of drug-likeness (QED) is 0.787. The molecule has 1 rings (SSSR count). The maximum absolute atomic E-state index is 11.6. The van der Waals surface area contributed by atoms with Gasteiger partial charge in [0.05, 0.1) is 5.69 Å². The van der Waals surface area contributed by atoms with E-state index in [2.05, 4.69) is 5.10 Å². The van der Waals surface area contributed by atoms with Crippen molar-refractivity contribution in [3.8, 4) is 0 Å². The number of nitrogens with zero attached hydrogens (tertiary/aromatic N) is 2. The van der Waals surface area contributed by atoms with Gasteiger partial charge in [-0.3, -0.25) is 0 Å². The molecule has 1 aromatic heterocycles. The van der Waals surface area contributed by atoms with Gasteiger partial charge < -0.3 is 0 Å². The Hall–Kier alpha value is -0.260. The Labute approximate surface area is 111 Å². The van der Waals surface area contributed by atoms with Crippen molar-refractivity contribution >= 4 is 31.3 Å². The molecular weight excluding hydrogens is 283 g/mol. The van der Waals surface area contributed by atoms with Gasteiger partial charge in [0.25, 0.3) is 9.05 Å². The lowest BCUT2D eigenvalue weighted by Gasteiger charge is -2.16. The third-order valence-corrected chi connectivity index (χ3v) is 4.07. The summed E-state index contributed by atoms with van der Waals surface area (Å²) in [6.07, 6.45) is 0. The van der Waals surface area contributed by atoms with E-state index >= 15 is 0 Å². The van der Waals surface area contributed by atoms with Gasteiger partial charge in [0.15, 0.2) is 0 Å². The molecule has 17 heavy (non-hydrogen) atoms. The average Bonchev–Trinajstić information content (AvgIpc) is 2.40. The summed E-state index contributed by atoms with van der Waals surface area (Å²) in [5.41, 5.74) is -0.0487. The first-order chi connectivity index (χ1) is 7.46. The second-order valence-electron chi connectivity index (χ2n) is 5.19. The molecular formula is C10H16Cl2N2O2S. The predicted octanol–water partition coefficient (Wildman–Crippen LogP) is 3.34. The third kappa shape index (κ3) is 2.95. The van der Waals surface area contributed by atoms with Crippen LogP contribution < -0.4 is 0 Å². The molecule has 0 atom stereocenters. The first-order valence-electron chi connectivity index (χ1n) is 5.19. The summed E-state index contributed by atoms with van der Waals surface area (Å²) >= 11 is 6.05. The van der Waals surface area contributed by atoms with Gasteiger partial charge in [-0.2, -0.15) is 5.10 Å². The molecule has 0 aliphatic rings. The number of halogens is 2. The van der Waals surface area contributed by atoms with Crippen LogP contribution in [0.5, 0.6) is 0 Å². The van der Waals surface area contributed by atoms with E-state index in [9.17, 15) is 8.42 Å². The van der Waals surface area contributed by atoms with Crippen molar-refractivity contribution in [3.63, 3.8) is 0 Å². The topological polar surface area (TPSA) is 52.0 Å². The minimum atomic E-state index is -3.90. The molecule has 0 fully saturated rings. The van der Waals surface area contributed by atoms with Crippen LogP contribution in [0.1, 0.15) is 46.4 Å². The molecule has 0 N–H and O–H groups in total. The van der Waals surface area contributed by atoms with E-state index in [4.69, 9.17) is 22.3 Å². The molecule has 0 radical (unpaired) electrons. The molecule has 1 aromatic rings. The minimum absolute atomic E-state index is 0.0317. The van der Waals surface area contributed by atoms with Gasteiger partial charge >= 0.3 is 0 Å². The molecule has 0 unspecified atom stereocenters. The van der Waals surface area contributed by atoms with Gasteiger partial charge in [0, 0.05) is 22.1 Å². The van der Waals surface area contributed by atoms with E-state index in [0.29, 0.717) is 5.69 Å². The molecule has 0 amide bonds. The van der Waals surface area contributed by atoms with Crippen molar-refractivity contribution in [2.75, 3.05) is 0 Å². The molecule has 0 saturated heterocycles. The highest BCUT2D eigenvalue weighted by Crippen LogP contribution is 2.36. The van der Waals surface area contributed by atoms with Crippen LogP contribution in [0.15, 0.2) is 4.90 Å². The largest absolute Gasteiger partial charge is 0.266 e. The Morgan fingerprint density at radius 3 is 2.00 bits per heavy atom. The van der Waals surface area contributed by atoms with Crippen LogP contribution in [0.3, 0.4) is 0 Å². The lowest BCUT2D eigenvalue weighted by Crippen LogP contribution is -2.16.